The second kappa shape index (κ2) is 5.09. The summed E-state index contributed by atoms with van der Waals surface area (Å²) in [5.41, 5.74) is 1.36. The molecule has 6 heteroatoms. The molecule has 0 unspecified atom stereocenters. The van der Waals surface area contributed by atoms with Gasteiger partial charge in [-0.1, -0.05) is 6.92 Å². The molecule has 0 aliphatic carbocycles. The number of pyridine rings is 1. The van der Waals surface area contributed by atoms with Crippen LogP contribution in [-0.4, -0.2) is 34.2 Å². The second-order valence-corrected chi connectivity index (χ2v) is 4.38. The summed E-state index contributed by atoms with van der Waals surface area (Å²) in [5, 5.41) is 9.80. The third kappa shape index (κ3) is 2.57. The quantitative estimate of drug-likeness (QED) is 0.865. The predicted octanol–water partition coefficient (Wildman–Crippen LogP) is 1.17. The molecule has 2 heterocycles. The Balaban J connectivity index is 2.55. The highest BCUT2D eigenvalue weighted by atomic mass is 16.3. The molecule has 2 N–H and O–H groups in total. The minimum absolute atomic E-state index is 0.0141. The van der Waals surface area contributed by atoms with Crippen molar-refractivity contribution in [2.75, 3.05) is 19.0 Å². The Bertz CT molecular complexity index is 632. The van der Waals surface area contributed by atoms with Crippen molar-refractivity contribution in [3.8, 4) is 17.1 Å². The number of hydrogen-bond acceptors (Lipinski definition) is 5. The lowest BCUT2D eigenvalue weighted by Crippen LogP contribution is -2.12. The Hall–Kier alpha value is -2.37. The highest BCUT2D eigenvalue weighted by Crippen LogP contribution is 2.25. The summed E-state index contributed by atoms with van der Waals surface area (Å²) in [6, 6.07) is 1.17. The van der Waals surface area contributed by atoms with Gasteiger partial charge in [0.05, 0.1) is 18.1 Å². The third-order valence-corrected chi connectivity index (χ3v) is 2.83. The Kier molecular flexibility index (Phi) is 3.50. The molecule has 0 fully saturated rings. The zero-order chi connectivity index (χ0) is 14.0. The normalized spacial score (nSPS) is 10.5. The highest BCUT2D eigenvalue weighted by molar-refractivity contribution is 5.62. The number of anilines is 1. The van der Waals surface area contributed by atoms with Crippen molar-refractivity contribution in [2.24, 2.45) is 0 Å². The summed E-state index contributed by atoms with van der Waals surface area (Å²) in [6.07, 6.45) is 3.80. The van der Waals surface area contributed by atoms with Crippen LogP contribution < -0.4 is 10.5 Å². The summed E-state index contributed by atoms with van der Waals surface area (Å²) in [7, 11) is 3.74. The first-order valence-electron chi connectivity index (χ1n) is 5.97. The maximum absolute atomic E-state index is 11.5. The third-order valence-electron chi connectivity index (χ3n) is 2.83. The van der Waals surface area contributed by atoms with Crippen molar-refractivity contribution in [1.29, 1.82) is 0 Å². The molecule has 0 aliphatic heterocycles. The molecular weight excluding hydrogens is 244 g/mol. The van der Waals surface area contributed by atoms with Gasteiger partial charge in [0, 0.05) is 25.7 Å². The molecule has 0 spiro atoms. The van der Waals surface area contributed by atoms with E-state index >= 15 is 0 Å². The fourth-order valence-corrected chi connectivity index (χ4v) is 1.83. The number of rotatable bonds is 3. The molecule has 0 bridgehead atoms. The molecule has 2 aromatic rings. The van der Waals surface area contributed by atoms with Crippen molar-refractivity contribution >= 4 is 5.82 Å². The average Bonchev–Trinajstić information content (AvgIpc) is 2.38. The summed E-state index contributed by atoms with van der Waals surface area (Å²) in [4.78, 5) is 24.5. The van der Waals surface area contributed by atoms with E-state index in [9.17, 15) is 9.90 Å². The van der Waals surface area contributed by atoms with Crippen LogP contribution in [-0.2, 0) is 6.42 Å². The molecule has 2 aromatic heterocycles. The average molecular weight is 260 g/mol. The summed E-state index contributed by atoms with van der Waals surface area (Å²) in [5.74, 6) is 0.712. The zero-order valence-electron chi connectivity index (χ0n) is 11.1. The Morgan fingerprint density at radius 1 is 1.32 bits per heavy atom. The van der Waals surface area contributed by atoms with Gasteiger partial charge in [0.15, 0.2) is 0 Å². The number of nitrogens with zero attached hydrogens (tertiary/aromatic N) is 3. The monoisotopic (exact) mass is 260 g/mol. The number of hydrogen-bond donors (Lipinski definition) is 2. The van der Waals surface area contributed by atoms with Gasteiger partial charge in [0.1, 0.15) is 17.3 Å². The summed E-state index contributed by atoms with van der Waals surface area (Å²) >= 11 is 0. The van der Waals surface area contributed by atoms with Gasteiger partial charge in [-0.3, -0.25) is 4.79 Å². The van der Waals surface area contributed by atoms with Crippen molar-refractivity contribution < 1.29 is 5.11 Å². The second-order valence-electron chi connectivity index (χ2n) is 4.38. The molecule has 100 valence electrons. The van der Waals surface area contributed by atoms with E-state index in [1.807, 2.05) is 25.9 Å². The van der Waals surface area contributed by atoms with E-state index in [1.165, 1.54) is 6.07 Å². The van der Waals surface area contributed by atoms with Gasteiger partial charge < -0.3 is 15.0 Å². The molecular formula is C13H16N4O2. The van der Waals surface area contributed by atoms with E-state index in [0.29, 0.717) is 23.4 Å². The van der Waals surface area contributed by atoms with E-state index in [4.69, 9.17) is 0 Å². The predicted molar refractivity (Wildman–Crippen MR) is 73.5 cm³/mol. The van der Waals surface area contributed by atoms with Crippen LogP contribution in [0.5, 0.6) is 5.75 Å². The van der Waals surface area contributed by atoms with Crippen LogP contribution >= 0.6 is 0 Å². The largest absolute Gasteiger partial charge is 0.507 e. The van der Waals surface area contributed by atoms with Crippen LogP contribution in [0.15, 0.2) is 23.3 Å². The zero-order valence-corrected chi connectivity index (χ0v) is 11.1. The molecule has 0 aliphatic rings. The smallest absolute Gasteiger partial charge is 0.252 e. The lowest BCUT2D eigenvalue weighted by Gasteiger charge is -2.12. The van der Waals surface area contributed by atoms with Gasteiger partial charge in [0.25, 0.3) is 5.56 Å². The number of aromatic amines is 1. The number of aromatic nitrogens is 3. The standard InChI is InChI=1S/C13H16N4O2/c1-4-8-10(18)5-12(19)16-13(8)9-6-15-11(7-14-9)17(2)3/h5-7H,4H2,1-3H3,(H2,16,18,19). The van der Waals surface area contributed by atoms with Gasteiger partial charge in [0.2, 0.25) is 0 Å². The van der Waals surface area contributed by atoms with Gasteiger partial charge in [-0.05, 0) is 6.42 Å². The van der Waals surface area contributed by atoms with Crippen molar-refractivity contribution in [3.05, 3.63) is 34.4 Å². The molecule has 0 aromatic carbocycles. The minimum Gasteiger partial charge on any atom is -0.507 e. The van der Waals surface area contributed by atoms with Crippen LogP contribution in [0.2, 0.25) is 0 Å². The molecule has 0 atom stereocenters. The fourth-order valence-electron chi connectivity index (χ4n) is 1.83. The summed E-state index contributed by atoms with van der Waals surface area (Å²) in [6.45, 7) is 1.90. The van der Waals surface area contributed by atoms with E-state index in [0.717, 1.165) is 5.82 Å². The van der Waals surface area contributed by atoms with Crippen LogP contribution in [0.4, 0.5) is 5.82 Å². The van der Waals surface area contributed by atoms with Crippen LogP contribution in [0.3, 0.4) is 0 Å². The Labute approximate surface area is 110 Å². The molecule has 0 saturated heterocycles. The lowest BCUT2D eigenvalue weighted by molar-refractivity contribution is 0.467. The molecule has 6 nitrogen and oxygen atoms in total. The van der Waals surface area contributed by atoms with Crippen LogP contribution in [0, 0.1) is 0 Å². The van der Waals surface area contributed by atoms with E-state index in [1.54, 1.807) is 12.4 Å². The van der Waals surface area contributed by atoms with Gasteiger partial charge in [-0.15, -0.1) is 0 Å². The van der Waals surface area contributed by atoms with Crippen LogP contribution in [0.25, 0.3) is 11.4 Å². The highest BCUT2D eigenvalue weighted by Gasteiger charge is 2.12. The number of nitrogens with one attached hydrogen (secondary N) is 1. The first kappa shape index (κ1) is 13.1. The van der Waals surface area contributed by atoms with Gasteiger partial charge in [-0.25, -0.2) is 9.97 Å². The van der Waals surface area contributed by atoms with E-state index in [2.05, 4.69) is 15.0 Å². The van der Waals surface area contributed by atoms with Crippen molar-refractivity contribution in [3.63, 3.8) is 0 Å². The SMILES string of the molecule is CCc1c(O)cc(=O)[nH]c1-c1cnc(N(C)C)cn1. The van der Waals surface area contributed by atoms with Gasteiger partial charge in [-0.2, -0.15) is 0 Å². The van der Waals surface area contributed by atoms with E-state index in [-0.39, 0.29) is 11.3 Å². The fraction of sp³-hybridized carbons (Fsp3) is 0.308. The first-order valence-corrected chi connectivity index (χ1v) is 5.97. The molecule has 0 amide bonds. The minimum atomic E-state index is -0.358. The van der Waals surface area contributed by atoms with Crippen LogP contribution in [0.1, 0.15) is 12.5 Å². The van der Waals surface area contributed by atoms with Gasteiger partial charge >= 0.3 is 0 Å². The molecule has 0 saturated carbocycles. The molecule has 2 rings (SSSR count). The first-order chi connectivity index (χ1) is 9.02. The number of aromatic hydroxyl groups is 1. The maximum atomic E-state index is 11.5. The lowest BCUT2D eigenvalue weighted by atomic mass is 10.1. The topological polar surface area (TPSA) is 82.1 Å². The summed E-state index contributed by atoms with van der Waals surface area (Å²) < 4.78 is 0. The molecule has 19 heavy (non-hydrogen) atoms. The van der Waals surface area contributed by atoms with E-state index < -0.39 is 0 Å². The van der Waals surface area contributed by atoms with Crippen molar-refractivity contribution in [2.45, 2.75) is 13.3 Å². The molecule has 0 radical (unpaired) electrons. The maximum Gasteiger partial charge on any atom is 0.252 e. The number of H-pyrrole nitrogens is 1. The van der Waals surface area contributed by atoms with Crippen molar-refractivity contribution in [1.82, 2.24) is 15.0 Å². The Morgan fingerprint density at radius 2 is 2.05 bits per heavy atom. The Morgan fingerprint density at radius 3 is 2.58 bits per heavy atom.